The highest BCUT2D eigenvalue weighted by atomic mass is 32.2. The molecule has 19 heavy (non-hydrogen) atoms. The molecule has 2 atom stereocenters. The van der Waals surface area contributed by atoms with Gasteiger partial charge in [0.15, 0.2) is 5.70 Å². The van der Waals surface area contributed by atoms with Gasteiger partial charge < -0.3 is 9.47 Å². The van der Waals surface area contributed by atoms with Crippen LogP contribution in [0.5, 0.6) is 0 Å². The quantitative estimate of drug-likeness (QED) is 0.564. The molecule has 0 aromatic heterocycles. The molecule has 2 aliphatic rings. The minimum Gasteiger partial charge on any atom is -0.464 e. The standard InChI is InChI=1S/C12H15NO5S/c1-4-6-9(14)13-7(11(15)17-3)8(19-10(6)13)12(16)18-5-2/h6,10H,4-5H2,1-3H3/t6-,10+/m0/s1. The smallest absolute Gasteiger partial charge is 0.356 e. The van der Waals surface area contributed by atoms with Crippen molar-refractivity contribution in [3.8, 4) is 0 Å². The first-order chi connectivity index (χ1) is 9.06. The Morgan fingerprint density at radius 3 is 2.53 bits per heavy atom. The maximum atomic E-state index is 11.9. The highest BCUT2D eigenvalue weighted by Gasteiger charge is 2.56. The molecular weight excluding hydrogens is 270 g/mol. The van der Waals surface area contributed by atoms with Crippen molar-refractivity contribution in [2.75, 3.05) is 13.7 Å². The van der Waals surface area contributed by atoms with Gasteiger partial charge in [0.25, 0.3) is 0 Å². The molecule has 7 heteroatoms. The second-order valence-corrected chi connectivity index (χ2v) is 5.25. The van der Waals surface area contributed by atoms with E-state index in [-0.39, 0.29) is 34.4 Å². The average molecular weight is 285 g/mol. The second-order valence-electron chi connectivity index (χ2n) is 4.12. The lowest BCUT2D eigenvalue weighted by Gasteiger charge is -2.41. The molecule has 1 fully saturated rings. The Morgan fingerprint density at radius 2 is 2.00 bits per heavy atom. The summed E-state index contributed by atoms with van der Waals surface area (Å²) in [7, 11) is 1.22. The van der Waals surface area contributed by atoms with Crippen LogP contribution in [-0.2, 0) is 23.9 Å². The number of carbonyl (C=O) groups excluding carboxylic acids is 3. The number of hydrogen-bond donors (Lipinski definition) is 0. The number of thioether (sulfide) groups is 1. The van der Waals surface area contributed by atoms with Crippen LogP contribution in [0.25, 0.3) is 0 Å². The van der Waals surface area contributed by atoms with Crippen molar-refractivity contribution in [2.24, 2.45) is 5.92 Å². The van der Waals surface area contributed by atoms with E-state index in [9.17, 15) is 14.4 Å². The van der Waals surface area contributed by atoms with Crippen molar-refractivity contribution < 1.29 is 23.9 Å². The number of ether oxygens (including phenoxy) is 2. The van der Waals surface area contributed by atoms with Gasteiger partial charge in [-0.25, -0.2) is 9.59 Å². The van der Waals surface area contributed by atoms with Crippen molar-refractivity contribution >= 4 is 29.6 Å². The van der Waals surface area contributed by atoms with Crippen molar-refractivity contribution in [3.05, 3.63) is 10.6 Å². The molecular formula is C12H15NO5S. The van der Waals surface area contributed by atoms with E-state index in [1.54, 1.807) is 6.92 Å². The fraction of sp³-hybridized carbons (Fsp3) is 0.583. The maximum absolute atomic E-state index is 11.9. The molecule has 0 spiro atoms. The summed E-state index contributed by atoms with van der Waals surface area (Å²) in [6.45, 7) is 3.80. The highest BCUT2D eigenvalue weighted by Crippen LogP contribution is 2.50. The molecule has 0 unspecified atom stereocenters. The Labute approximate surface area is 115 Å². The van der Waals surface area contributed by atoms with Crippen molar-refractivity contribution in [2.45, 2.75) is 25.6 Å². The van der Waals surface area contributed by atoms with E-state index in [1.807, 2.05) is 6.92 Å². The van der Waals surface area contributed by atoms with Crippen LogP contribution in [0.2, 0.25) is 0 Å². The lowest BCUT2D eigenvalue weighted by molar-refractivity contribution is -0.153. The van der Waals surface area contributed by atoms with Crippen LogP contribution < -0.4 is 0 Å². The molecule has 0 saturated carbocycles. The van der Waals surface area contributed by atoms with Crippen molar-refractivity contribution in [1.82, 2.24) is 4.90 Å². The number of carbonyl (C=O) groups is 3. The maximum Gasteiger partial charge on any atom is 0.356 e. The van der Waals surface area contributed by atoms with Crippen LogP contribution >= 0.6 is 11.8 Å². The van der Waals surface area contributed by atoms with Crippen molar-refractivity contribution in [3.63, 3.8) is 0 Å². The van der Waals surface area contributed by atoms with Gasteiger partial charge in [-0.05, 0) is 13.3 Å². The number of β-lactam (4-membered cyclic amide) rings is 1. The van der Waals surface area contributed by atoms with E-state index >= 15 is 0 Å². The molecule has 0 N–H and O–H groups in total. The van der Waals surface area contributed by atoms with Gasteiger partial charge in [0, 0.05) is 0 Å². The minimum atomic E-state index is -0.680. The van der Waals surface area contributed by atoms with Crippen LogP contribution in [-0.4, -0.2) is 41.8 Å². The lowest BCUT2D eigenvalue weighted by atomic mass is 9.94. The number of amides is 1. The summed E-state index contributed by atoms with van der Waals surface area (Å²) in [5, 5.41) is -0.189. The van der Waals surface area contributed by atoms with E-state index in [0.29, 0.717) is 6.42 Å². The Bertz CT molecular complexity index is 473. The third-order valence-corrected chi connectivity index (χ3v) is 4.50. The molecule has 2 aliphatic heterocycles. The van der Waals surface area contributed by atoms with E-state index in [4.69, 9.17) is 4.74 Å². The molecule has 1 amide bonds. The molecule has 0 aromatic carbocycles. The fourth-order valence-electron chi connectivity index (χ4n) is 2.19. The molecule has 2 rings (SSSR count). The monoisotopic (exact) mass is 285 g/mol. The summed E-state index contributed by atoms with van der Waals surface area (Å²) in [5.74, 6) is -1.55. The number of hydrogen-bond acceptors (Lipinski definition) is 6. The normalized spacial score (nSPS) is 25.0. The molecule has 104 valence electrons. The first kappa shape index (κ1) is 13.9. The Hall–Kier alpha value is -1.50. The zero-order chi connectivity index (χ0) is 14.2. The number of rotatable bonds is 4. The summed E-state index contributed by atoms with van der Waals surface area (Å²) < 4.78 is 9.57. The average Bonchev–Trinajstić information content (AvgIpc) is 2.74. The summed E-state index contributed by atoms with van der Waals surface area (Å²) in [5.41, 5.74) is 0.0191. The van der Waals surface area contributed by atoms with Gasteiger partial charge in [-0.1, -0.05) is 18.7 Å². The second kappa shape index (κ2) is 5.24. The van der Waals surface area contributed by atoms with Gasteiger partial charge in [-0.2, -0.15) is 0 Å². The number of fused-ring (bicyclic) bond motifs is 1. The number of methoxy groups -OCH3 is 1. The summed E-state index contributed by atoms with van der Waals surface area (Å²) in [6.07, 6.45) is 0.678. The summed E-state index contributed by atoms with van der Waals surface area (Å²) >= 11 is 1.21. The molecule has 0 bridgehead atoms. The highest BCUT2D eigenvalue weighted by molar-refractivity contribution is 8.05. The van der Waals surface area contributed by atoms with Gasteiger partial charge in [-0.15, -0.1) is 0 Å². The SMILES string of the molecule is CCOC(=O)C1=C(C(=O)OC)N2C(=O)[C@H](CC)[C@H]2S1. The third kappa shape index (κ3) is 2.01. The molecule has 6 nitrogen and oxygen atoms in total. The van der Waals surface area contributed by atoms with Gasteiger partial charge in [0.05, 0.1) is 25.0 Å². The molecule has 2 heterocycles. The Morgan fingerprint density at radius 1 is 1.32 bits per heavy atom. The van der Waals surface area contributed by atoms with E-state index in [0.717, 1.165) is 0 Å². The van der Waals surface area contributed by atoms with Crippen LogP contribution in [0.4, 0.5) is 0 Å². The molecule has 0 aromatic rings. The Kier molecular flexibility index (Phi) is 3.84. The van der Waals surface area contributed by atoms with E-state index < -0.39 is 11.9 Å². The fourth-order valence-corrected chi connectivity index (χ4v) is 3.67. The van der Waals surface area contributed by atoms with E-state index in [2.05, 4.69) is 4.74 Å². The predicted molar refractivity (Wildman–Crippen MR) is 67.7 cm³/mol. The first-order valence-corrected chi connectivity index (χ1v) is 6.94. The van der Waals surface area contributed by atoms with Gasteiger partial charge in [0.1, 0.15) is 4.91 Å². The van der Waals surface area contributed by atoms with Gasteiger partial charge in [0.2, 0.25) is 5.91 Å². The lowest BCUT2D eigenvalue weighted by Crippen LogP contribution is -2.57. The minimum absolute atomic E-state index is 0.0191. The van der Waals surface area contributed by atoms with Crippen LogP contribution in [0.1, 0.15) is 20.3 Å². The van der Waals surface area contributed by atoms with Crippen LogP contribution in [0, 0.1) is 5.92 Å². The van der Waals surface area contributed by atoms with Gasteiger partial charge >= 0.3 is 11.9 Å². The molecule has 0 aliphatic carbocycles. The van der Waals surface area contributed by atoms with Crippen molar-refractivity contribution in [1.29, 1.82) is 0 Å². The topological polar surface area (TPSA) is 72.9 Å². The summed E-state index contributed by atoms with van der Waals surface area (Å²) in [6, 6.07) is 0. The zero-order valence-corrected chi connectivity index (χ0v) is 11.8. The predicted octanol–water partition coefficient (Wildman–Crippen LogP) is 0.875. The molecule has 1 saturated heterocycles. The largest absolute Gasteiger partial charge is 0.464 e. The number of nitrogens with zero attached hydrogens (tertiary/aromatic N) is 1. The van der Waals surface area contributed by atoms with Crippen LogP contribution in [0.15, 0.2) is 10.6 Å². The van der Waals surface area contributed by atoms with Crippen LogP contribution in [0.3, 0.4) is 0 Å². The third-order valence-electron chi connectivity index (χ3n) is 3.13. The number of esters is 2. The van der Waals surface area contributed by atoms with Gasteiger partial charge in [-0.3, -0.25) is 9.69 Å². The Balaban J connectivity index is 2.33. The first-order valence-electron chi connectivity index (χ1n) is 6.06. The van der Waals surface area contributed by atoms with E-state index in [1.165, 1.54) is 23.8 Å². The zero-order valence-electron chi connectivity index (χ0n) is 11.0. The molecule has 0 radical (unpaired) electrons. The summed E-state index contributed by atoms with van der Waals surface area (Å²) in [4.78, 5) is 37.1.